The van der Waals surface area contributed by atoms with Crippen molar-refractivity contribution >= 4 is 28.7 Å². The van der Waals surface area contributed by atoms with Gasteiger partial charge in [0.25, 0.3) is 0 Å². The molecule has 1 aromatic carbocycles. The van der Waals surface area contributed by atoms with E-state index < -0.39 is 0 Å². The van der Waals surface area contributed by atoms with E-state index in [-0.39, 0.29) is 5.91 Å². The molecular weight excluding hydrogens is 342 g/mol. The van der Waals surface area contributed by atoms with E-state index in [1.54, 1.807) is 11.3 Å². The Morgan fingerprint density at radius 2 is 1.96 bits per heavy atom. The summed E-state index contributed by atoms with van der Waals surface area (Å²) in [5, 5.41) is 5.12. The summed E-state index contributed by atoms with van der Waals surface area (Å²) in [6.07, 6.45) is 3.21. The van der Waals surface area contributed by atoms with E-state index in [0.717, 1.165) is 34.7 Å². The van der Waals surface area contributed by atoms with Gasteiger partial charge in [-0.2, -0.15) is 0 Å². The SMILES string of the molecule is Cc1ccc2nc(-c3ccccc3)c(NC(=O)CCc3cccs3)n2c1. The lowest BCUT2D eigenvalue weighted by Gasteiger charge is -2.08. The van der Waals surface area contributed by atoms with Gasteiger partial charge < -0.3 is 5.32 Å². The van der Waals surface area contributed by atoms with Crippen LogP contribution in [-0.2, 0) is 11.2 Å². The molecule has 0 saturated carbocycles. The second-order valence-corrected chi connectivity index (χ2v) is 7.27. The number of aromatic nitrogens is 2. The van der Waals surface area contributed by atoms with Gasteiger partial charge in [-0.3, -0.25) is 9.20 Å². The molecule has 1 N–H and O–H groups in total. The van der Waals surface area contributed by atoms with Crippen LogP contribution in [0.5, 0.6) is 0 Å². The topological polar surface area (TPSA) is 46.4 Å². The summed E-state index contributed by atoms with van der Waals surface area (Å²) in [5.74, 6) is 0.727. The summed E-state index contributed by atoms with van der Waals surface area (Å²) >= 11 is 1.68. The monoisotopic (exact) mass is 361 g/mol. The first-order valence-electron chi connectivity index (χ1n) is 8.57. The zero-order valence-electron chi connectivity index (χ0n) is 14.5. The highest BCUT2D eigenvalue weighted by molar-refractivity contribution is 7.09. The van der Waals surface area contributed by atoms with Gasteiger partial charge in [-0.1, -0.05) is 42.5 Å². The number of amides is 1. The molecule has 3 aromatic heterocycles. The van der Waals surface area contributed by atoms with Crippen LogP contribution in [0.15, 0.2) is 66.2 Å². The Morgan fingerprint density at radius 1 is 1.12 bits per heavy atom. The van der Waals surface area contributed by atoms with Gasteiger partial charge in [0, 0.05) is 23.1 Å². The molecule has 5 heteroatoms. The lowest BCUT2D eigenvalue weighted by molar-refractivity contribution is -0.116. The number of carbonyl (C=O) groups is 1. The van der Waals surface area contributed by atoms with Crippen LogP contribution in [0.25, 0.3) is 16.9 Å². The third-order valence-electron chi connectivity index (χ3n) is 4.25. The van der Waals surface area contributed by atoms with E-state index in [1.807, 2.05) is 71.4 Å². The van der Waals surface area contributed by atoms with E-state index in [1.165, 1.54) is 4.88 Å². The van der Waals surface area contributed by atoms with Gasteiger partial charge in [-0.15, -0.1) is 11.3 Å². The number of nitrogens with one attached hydrogen (secondary N) is 1. The number of hydrogen-bond acceptors (Lipinski definition) is 3. The quantitative estimate of drug-likeness (QED) is 0.547. The van der Waals surface area contributed by atoms with Gasteiger partial charge in [0.05, 0.1) is 0 Å². The number of carbonyl (C=O) groups excluding carboxylic acids is 1. The first-order chi connectivity index (χ1) is 12.7. The summed E-state index contributed by atoms with van der Waals surface area (Å²) in [7, 11) is 0. The maximum Gasteiger partial charge on any atom is 0.225 e. The molecule has 0 saturated heterocycles. The molecule has 0 aliphatic heterocycles. The highest BCUT2D eigenvalue weighted by Gasteiger charge is 2.16. The summed E-state index contributed by atoms with van der Waals surface area (Å²) in [5.41, 5.74) is 3.72. The Balaban J connectivity index is 1.67. The molecule has 130 valence electrons. The van der Waals surface area contributed by atoms with Gasteiger partial charge in [-0.25, -0.2) is 4.98 Å². The van der Waals surface area contributed by atoms with Crippen LogP contribution in [0, 0.1) is 6.92 Å². The zero-order valence-corrected chi connectivity index (χ0v) is 15.3. The standard InChI is InChI=1S/C21H19N3OS/c1-15-9-11-18-22-20(16-6-3-2-4-7-16)21(24(18)14-15)23-19(25)12-10-17-8-5-13-26-17/h2-9,11,13-14H,10,12H2,1H3,(H,23,25). The molecule has 4 aromatic rings. The number of anilines is 1. The second kappa shape index (κ2) is 7.14. The van der Waals surface area contributed by atoms with E-state index in [2.05, 4.69) is 11.4 Å². The number of thiophene rings is 1. The van der Waals surface area contributed by atoms with Gasteiger partial charge in [0.2, 0.25) is 5.91 Å². The Kier molecular flexibility index (Phi) is 4.54. The van der Waals surface area contributed by atoms with E-state index in [9.17, 15) is 4.79 Å². The smallest absolute Gasteiger partial charge is 0.225 e. The molecule has 1 amide bonds. The summed E-state index contributed by atoms with van der Waals surface area (Å²) in [4.78, 5) is 18.5. The highest BCUT2D eigenvalue weighted by Crippen LogP contribution is 2.29. The van der Waals surface area contributed by atoms with Crippen molar-refractivity contribution in [1.29, 1.82) is 0 Å². The zero-order chi connectivity index (χ0) is 17.9. The van der Waals surface area contributed by atoms with E-state index in [4.69, 9.17) is 4.98 Å². The molecule has 0 spiro atoms. The minimum atomic E-state index is -0.00103. The van der Waals surface area contributed by atoms with Crippen molar-refractivity contribution < 1.29 is 4.79 Å². The van der Waals surface area contributed by atoms with Crippen molar-refractivity contribution in [2.45, 2.75) is 19.8 Å². The molecule has 0 radical (unpaired) electrons. The van der Waals surface area contributed by atoms with Crippen LogP contribution >= 0.6 is 11.3 Å². The molecule has 0 fully saturated rings. The summed E-state index contributed by atoms with van der Waals surface area (Å²) in [6, 6.07) is 18.0. The van der Waals surface area contributed by atoms with Crippen LogP contribution in [0.3, 0.4) is 0 Å². The first kappa shape index (κ1) is 16.5. The number of nitrogens with zero attached hydrogens (tertiary/aromatic N) is 2. The summed E-state index contributed by atoms with van der Waals surface area (Å²) in [6.45, 7) is 2.03. The maximum atomic E-state index is 12.6. The minimum Gasteiger partial charge on any atom is -0.310 e. The normalized spacial score (nSPS) is 11.0. The van der Waals surface area contributed by atoms with Gasteiger partial charge in [0.15, 0.2) is 0 Å². The van der Waals surface area contributed by atoms with Crippen molar-refractivity contribution in [3.63, 3.8) is 0 Å². The van der Waals surface area contributed by atoms with Crippen LogP contribution in [0.1, 0.15) is 16.9 Å². The molecular formula is C21H19N3OS. The number of imidazole rings is 1. The minimum absolute atomic E-state index is 0.00103. The molecule has 4 nitrogen and oxygen atoms in total. The molecule has 0 aliphatic carbocycles. The molecule has 0 unspecified atom stereocenters. The van der Waals surface area contributed by atoms with Crippen LogP contribution in [0.4, 0.5) is 5.82 Å². The fraction of sp³-hybridized carbons (Fsp3) is 0.143. The number of fused-ring (bicyclic) bond motifs is 1. The largest absolute Gasteiger partial charge is 0.310 e. The fourth-order valence-corrected chi connectivity index (χ4v) is 3.66. The molecule has 0 atom stereocenters. The second-order valence-electron chi connectivity index (χ2n) is 6.24. The highest BCUT2D eigenvalue weighted by atomic mass is 32.1. The van der Waals surface area contributed by atoms with Gasteiger partial charge in [0.1, 0.15) is 17.2 Å². The van der Waals surface area contributed by atoms with Crippen LogP contribution < -0.4 is 5.32 Å². The van der Waals surface area contributed by atoms with Gasteiger partial charge >= 0.3 is 0 Å². The Morgan fingerprint density at radius 3 is 2.73 bits per heavy atom. The average molecular weight is 361 g/mol. The third kappa shape index (κ3) is 3.39. The molecule has 26 heavy (non-hydrogen) atoms. The van der Waals surface area contributed by atoms with E-state index in [0.29, 0.717) is 6.42 Å². The van der Waals surface area contributed by atoms with Crippen molar-refractivity contribution in [1.82, 2.24) is 9.38 Å². The third-order valence-corrected chi connectivity index (χ3v) is 5.19. The van der Waals surface area contributed by atoms with Crippen molar-refractivity contribution in [2.24, 2.45) is 0 Å². The Hall–Kier alpha value is -2.92. The molecule has 0 aliphatic rings. The van der Waals surface area contributed by atoms with Crippen LogP contribution in [0.2, 0.25) is 0 Å². The maximum absolute atomic E-state index is 12.6. The van der Waals surface area contributed by atoms with Gasteiger partial charge in [-0.05, 0) is 36.4 Å². The van der Waals surface area contributed by atoms with E-state index >= 15 is 0 Å². The number of rotatable bonds is 5. The lowest BCUT2D eigenvalue weighted by Crippen LogP contribution is -2.14. The number of hydrogen-bond donors (Lipinski definition) is 1. The van der Waals surface area contributed by atoms with Crippen LogP contribution in [-0.4, -0.2) is 15.3 Å². The number of benzene rings is 1. The first-order valence-corrected chi connectivity index (χ1v) is 9.45. The summed E-state index contributed by atoms with van der Waals surface area (Å²) < 4.78 is 1.96. The predicted molar refractivity (Wildman–Crippen MR) is 107 cm³/mol. The van der Waals surface area contributed by atoms with Crippen molar-refractivity contribution in [2.75, 3.05) is 5.32 Å². The predicted octanol–water partition coefficient (Wildman–Crippen LogP) is 4.94. The number of pyridine rings is 1. The lowest BCUT2D eigenvalue weighted by atomic mass is 10.1. The molecule has 3 heterocycles. The number of aryl methyl sites for hydroxylation is 2. The molecule has 0 bridgehead atoms. The Bertz CT molecular complexity index is 1040. The Labute approximate surface area is 156 Å². The molecule has 4 rings (SSSR count). The fourth-order valence-electron chi connectivity index (χ4n) is 2.95. The van der Waals surface area contributed by atoms with Crippen molar-refractivity contribution in [3.8, 4) is 11.3 Å². The van der Waals surface area contributed by atoms with Crippen molar-refractivity contribution in [3.05, 3.63) is 76.6 Å². The average Bonchev–Trinajstić information content (AvgIpc) is 3.29.